The van der Waals surface area contributed by atoms with Crippen LogP contribution in [0.1, 0.15) is 32.0 Å². The first-order valence-electron chi connectivity index (χ1n) is 12.5. The summed E-state index contributed by atoms with van der Waals surface area (Å²) in [5.74, 6) is 0.822. The van der Waals surface area contributed by atoms with Crippen LogP contribution in [0.3, 0.4) is 0 Å². The number of anilines is 1. The number of thioether (sulfide) groups is 1. The number of hydrogen-bond donors (Lipinski definition) is 1. The molecule has 188 valence electrons. The van der Waals surface area contributed by atoms with Crippen LogP contribution >= 0.6 is 11.8 Å². The van der Waals surface area contributed by atoms with Gasteiger partial charge in [-0.1, -0.05) is 93.2 Å². The molecule has 0 radical (unpaired) electrons. The third kappa shape index (κ3) is 5.78. The van der Waals surface area contributed by atoms with E-state index in [1.165, 1.54) is 17.3 Å². The predicted octanol–water partition coefficient (Wildman–Crippen LogP) is 6.49. The molecule has 37 heavy (non-hydrogen) atoms. The second-order valence-electron chi connectivity index (χ2n) is 10.0. The number of benzene rings is 3. The van der Waals surface area contributed by atoms with E-state index in [9.17, 15) is 4.79 Å². The number of amides is 1. The van der Waals surface area contributed by atoms with Crippen LogP contribution in [0.4, 0.5) is 5.82 Å². The Bertz CT molecular complexity index is 1500. The maximum Gasteiger partial charge on any atom is 0.236 e. The monoisotopic (exact) mass is 509 g/mol. The van der Waals surface area contributed by atoms with Crippen molar-refractivity contribution in [1.29, 1.82) is 0 Å². The quantitative estimate of drug-likeness (QED) is 0.243. The second kappa shape index (κ2) is 10.6. The molecule has 0 fully saturated rings. The number of fused-ring (bicyclic) bond motifs is 1. The maximum atomic E-state index is 13.1. The highest BCUT2D eigenvalue weighted by Gasteiger charge is 2.22. The Morgan fingerprint density at radius 1 is 0.919 bits per heavy atom. The van der Waals surface area contributed by atoms with Crippen LogP contribution in [-0.2, 0) is 23.2 Å². The molecule has 2 aromatic heterocycles. The molecule has 5 rings (SSSR count). The van der Waals surface area contributed by atoms with Gasteiger partial charge in [0.15, 0.2) is 5.16 Å². The van der Waals surface area contributed by atoms with Crippen molar-refractivity contribution in [2.45, 2.75) is 44.3 Å². The minimum Gasteiger partial charge on any atom is -0.319 e. The van der Waals surface area contributed by atoms with E-state index in [1.807, 2.05) is 60.7 Å². The fourth-order valence-corrected chi connectivity index (χ4v) is 5.02. The summed E-state index contributed by atoms with van der Waals surface area (Å²) in [6.45, 7) is 7.15. The molecular formula is C30H31N5OS. The van der Waals surface area contributed by atoms with E-state index >= 15 is 0 Å². The molecule has 0 atom stereocenters. The van der Waals surface area contributed by atoms with Crippen molar-refractivity contribution in [3.63, 3.8) is 0 Å². The van der Waals surface area contributed by atoms with Crippen molar-refractivity contribution in [3.05, 3.63) is 102 Å². The van der Waals surface area contributed by atoms with Gasteiger partial charge in [-0.05, 0) is 36.2 Å². The molecule has 3 aromatic carbocycles. The molecule has 0 bridgehead atoms. The SMILES string of the molecule is CC(C)(C)c1cc(NC(=O)CSc2nc3ccccc3n2CCc2ccccc2)n(-c2ccccc2)n1. The number of carbonyl (C=O) groups is 1. The van der Waals surface area contributed by atoms with Crippen LogP contribution in [0.5, 0.6) is 0 Å². The van der Waals surface area contributed by atoms with Crippen LogP contribution in [0, 0.1) is 0 Å². The van der Waals surface area contributed by atoms with Gasteiger partial charge in [0.05, 0.1) is 28.2 Å². The first kappa shape index (κ1) is 24.8. The molecule has 6 nitrogen and oxygen atoms in total. The van der Waals surface area contributed by atoms with E-state index in [0.717, 1.165) is 40.5 Å². The number of nitrogens with zero attached hydrogens (tertiary/aromatic N) is 4. The van der Waals surface area contributed by atoms with Crippen molar-refractivity contribution in [3.8, 4) is 5.69 Å². The van der Waals surface area contributed by atoms with Gasteiger partial charge in [-0.15, -0.1) is 0 Å². The molecule has 1 N–H and O–H groups in total. The van der Waals surface area contributed by atoms with E-state index in [1.54, 1.807) is 4.68 Å². The molecule has 0 unspecified atom stereocenters. The van der Waals surface area contributed by atoms with Crippen LogP contribution in [-0.4, -0.2) is 31.0 Å². The van der Waals surface area contributed by atoms with Crippen molar-refractivity contribution in [2.24, 2.45) is 0 Å². The summed E-state index contributed by atoms with van der Waals surface area (Å²) < 4.78 is 4.02. The standard InChI is InChI=1S/C30H31N5OS/c1-30(2,3)26-20-27(35(33-26)23-14-8-5-9-15-23)32-28(36)21-37-29-31-24-16-10-11-17-25(24)34(29)19-18-22-12-6-4-7-13-22/h4-17,20H,18-19,21H2,1-3H3,(H,32,36). The summed E-state index contributed by atoms with van der Waals surface area (Å²) in [4.78, 5) is 18.0. The van der Waals surface area contributed by atoms with Gasteiger partial charge in [0, 0.05) is 18.0 Å². The fraction of sp³-hybridized carbons (Fsp3) is 0.233. The second-order valence-corrected chi connectivity index (χ2v) is 11.0. The largest absolute Gasteiger partial charge is 0.319 e. The summed E-state index contributed by atoms with van der Waals surface area (Å²) in [6, 6.07) is 30.4. The first-order chi connectivity index (χ1) is 17.9. The van der Waals surface area contributed by atoms with Gasteiger partial charge < -0.3 is 9.88 Å². The molecule has 0 aliphatic rings. The summed E-state index contributed by atoms with van der Waals surface area (Å²) in [5.41, 5.74) is 4.98. The summed E-state index contributed by atoms with van der Waals surface area (Å²) in [5, 5.41) is 8.73. The Labute approximate surface area is 221 Å². The number of rotatable bonds is 8. The summed E-state index contributed by atoms with van der Waals surface area (Å²) >= 11 is 1.46. The lowest BCUT2D eigenvalue weighted by molar-refractivity contribution is -0.113. The predicted molar refractivity (Wildman–Crippen MR) is 151 cm³/mol. The van der Waals surface area contributed by atoms with Gasteiger partial charge in [-0.3, -0.25) is 4.79 Å². The Kier molecular flexibility index (Phi) is 7.15. The Balaban J connectivity index is 1.34. The molecule has 0 aliphatic heterocycles. The van der Waals surface area contributed by atoms with Gasteiger partial charge in [-0.25, -0.2) is 9.67 Å². The van der Waals surface area contributed by atoms with E-state index in [2.05, 4.69) is 61.0 Å². The Hall–Kier alpha value is -3.84. The molecule has 5 aromatic rings. The molecule has 7 heteroatoms. The topological polar surface area (TPSA) is 64.7 Å². The minimum absolute atomic E-state index is 0.0933. The van der Waals surface area contributed by atoms with Gasteiger partial charge in [0.2, 0.25) is 5.91 Å². The third-order valence-electron chi connectivity index (χ3n) is 6.16. The zero-order chi connectivity index (χ0) is 25.8. The highest BCUT2D eigenvalue weighted by atomic mass is 32.2. The molecule has 2 heterocycles. The Morgan fingerprint density at radius 2 is 1.59 bits per heavy atom. The molecule has 0 spiro atoms. The van der Waals surface area contributed by atoms with E-state index in [4.69, 9.17) is 10.1 Å². The lowest BCUT2D eigenvalue weighted by atomic mass is 9.92. The molecular weight excluding hydrogens is 478 g/mol. The van der Waals surface area contributed by atoms with Crippen molar-refractivity contribution < 1.29 is 4.79 Å². The fourth-order valence-electron chi connectivity index (χ4n) is 4.18. The maximum absolute atomic E-state index is 13.1. The number of para-hydroxylation sites is 3. The number of hydrogen-bond acceptors (Lipinski definition) is 4. The lowest BCUT2D eigenvalue weighted by Crippen LogP contribution is -2.17. The number of aryl methyl sites for hydroxylation is 2. The zero-order valence-electron chi connectivity index (χ0n) is 21.4. The number of aromatic nitrogens is 4. The van der Waals surface area contributed by atoms with Crippen LogP contribution in [0.25, 0.3) is 16.7 Å². The van der Waals surface area contributed by atoms with Crippen molar-refractivity contribution in [2.75, 3.05) is 11.1 Å². The van der Waals surface area contributed by atoms with E-state index in [0.29, 0.717) is 5.82 Å². The minimum atomic E-state index is -0.141. The molecule has 0 aliphatic carbocycles. The van der Waals surface area contributed by atoms with Crippen LogP contribution < -0.4 is 5.32 Å². The van der Waals surface area contributed by atoms with Crippen LogP contribution in [0.15, 0.2) is 96.2 Å². The average Bonchev–Trinajstić information content (AvgIpc) is 3.49. The van der Waals surface area contributed by atoms with E-state index in [-0.39, 0.29) is 17.1 Å². The molecule has 1 amide bonds. The summed E-state index contributed by atoms with van der Waals surface area (Å²) in [6.07, 6.45) is 0.896. The van der Waals surface area contributed by atoms with Gasteiger partial charge in [-0.2, -0.15) is 5.10 Å². The van der Waals surface area contributed by atoms with Crippen molar-refractivity contribution >= 4 is 34.5 Å². The van der Waals surface area contributed by atoms with Gasteiger partial charge in [0.1, 0.15) is 5.82 Å². The lowest BCUT2D eigenvalue weighted by Gasteiger charge is -2.14. The average molecular weight is 510 g/mol. The number of nitrogens with one attached hydrogen (secondary N) is 1. The first-order valence-corrected chi connectivity index (χ1v) is 13.4. The molecule has 0 saturated heterocycles. The van der Waals surface area contributed by atoms with Crippen LogP contribution in [0.2, 0.25) is 0 Å². The smallest absolute Gasteiger partial charge is 0.236 e. The highest BCUT2D eigenvalue weighted by molar-refractivity contribution is 7.99. The number of carbonyl (C=O) groups excluding carboxylic acids is 1. The normalized spacial score (nSPS) is 11.6. The third-order valence-corrected chi connectivity index (χ3v) is 7.14. The van der Waals surface area contributed by atoms with E-state index < -0.39 is 0 Å². The van der Waals surface area contributed by atoms with Gasteiger partial charge >= 0.3 is 0 Å². The molecule has 0 saturated carbocycles. The van der Waals surface area contributed by atoms with Gasteiger partial charge in [0.25, 0.3) is 0 Å². The summed E-state index contributed by atoms with van der Waals surface area (Å²) in [7, 11) is 0. The number of imidazole rings is 1. The highest BCUT2D eigenvalue weighted by Crippen LogP contribution is 2.28. The Morgan fingerprint density at radius 3 is 2.32 bits per heavy atom. The zero-order valence-corrected chi connectivity index (χ0v) is 22.2. The van der Waals surface area contributed by atoms with Crippen molar-refractivity contribution in [1.82, 2.24) is 19.3 Å².